The number of ether oxygens (including phenoxy) is 1. The fourth-order valence-electron chi connectivity index (χ4n) is 3.08. The third-order valence-corrected chi connectivity index (χ3v) is 5.23. The van der Waals surface area contributed by atoms with E-state index < -0.39 is 0 Å². The number of aromatic amines is 1. The molecule has 0 aromatic carbocycles. The molecule has 1 aromatic rings. The highest BCUT2D eigenvalue weighted by molar-refractivity contribution is 7.99. The molecule has 22 heavy (non-hydrogen) atoms. The Hall–Kier alpha value is -1.04. The number of thioether (sulfide) groups is 1. The topological polar surface area (TPSA) is 67.9 Å². The fraction of sp³-hybridized carbons (Fsp3) is 0.812. The Morgan fingerprint density at radius 2 is 2.23 bits per heavy atom. The van der Waals surface area contributed by atoms with Crippen LogP contribution in [0.2, 0.25) is 0 Å². The van der Waals surface area contributed by atoms with Crippen LogP contribution in [-0.2, 0) is 16.0 Å². The van der Waals surface area contributed by atoms with E-state index in [1.165, 1.54) is 18.2 Å². The molecule has 0 amide bonds. The van der Waals surface area contributed by atoms with Gasteiger partial charge in [0, 0.05) is 6.42 Å². The van der Waals surface area contributed by atoms with E-state index >= 15 is 0 Å². The van der Waals surface area contributed by atoms with Crippen LogP contribution in [0, 0.1) is 17.8 Å². The summed E-state index contributed by atoms with van der Waals surface area (Å²) < 4.78 is 5.76. The quantitative estimate of drug-likeness (QED) is 0.641. The van der Waals surface area contributed by atoms with Crippen molar-refractivity contribution in [1.82, 2.24) is 15.2 Å². The minimum atomic E-state index is -0.155. The van der Waals surface area contributed by atoms with Gasteiger partial charge in [0.15, 0.2) is 0 Å². The molecule has 1 aliphatic rings. The van der Waals surface area contributed by atoms with Gasteiger partial charge in [0.05, 0.1) is 5.75 Å². The molecule has 1 saturated carbocycles. The lowest BCUT2D eigenvalue weighted by Crippen LogP contribution is -2.36. The van der Waals surface area contributed by atoms with E-state index in [1.807, 2.05) is 6.92 Å². The molecule has 0 saturated heterocycles. The predicted molar refractivity (Wildman–Crippen MR) is 87.7 cm³/mol. The number of aromatic nitrogens is 3. The van der Waals surface area contributed by atoms with Gasteiger partial charge in [0.25, 0.3) is 0 Å². The molecule has 0 aliphatic heterocycles. The summed E-state index contributed by atoms with van der Waals surface area (Å²) in [5, 5.41) is 7.55. The van der Waals surface area contributed by atoms with Gasteiger partial charge in [-0.15, -0.1) is 5.10 Å². The van der Waals surface area contributed by atoms with E-state index in [9.17, 15) is 4.79 Å². The number of esters is 1. The highest BCUT2D eigenvalue weighted by atomic mass is 32.2. The molecule has 2 rings (SSSR count). The van der Waals surface area contributed by atoms with Crippen LogP contribution in [0.4, 0.5) is 0 Å². The molecule has 1 aliphatic carbocycles. The number of H-pyrrole nitrogens is 1. The molecular formula is C16H27N3O2S. The number of aryl methyl sites for hydroxylation is 1. The molecule has 6 heteroatoms. The number of carbonyl (C=O) groups excluding carboxylic acids is 1. The fourth-order valence-corrected chi connectivity index (χ4v) is 3.68. The van der Waals surface area contributed by atoms with Crippen molar-refractivity contribution in [3.8, 4) is 0 Å². The van der Waals surface area contributed by atoms with Crippen molar-refractivity contribution in [3.05, 3.63) is 5.82 Å². The average molecular weight is 325 g/mol. The lowest BCUT2D eigenvalue weighted by molar-refractivity contribution is -0.152. The first kappa shape index (κ1) is 17.3. The van der Waals surface area contributed by atoms with Gasteiger partial charge in [0.1, 0.15) is 11.9 Å². The van der Waals surface area contributed by atoms with Gasteiger partial charge in [-0.25, -0.2) is 4.98 Å². The summed E-state index contributed by atoms with van der Waals surface area (Å²) in [5.41, 5.74) is 0. The van der Waals surface area contributed by atoms with Crippen molar-refractivity contribution < 1.29 is 9.53 Å². The largest absolute Gasteiger partial charge is 0.461 e. The van der Waals surface area contributed by atoms with Crippen LogP contribution >= 0.6 is 11.8 Å². The molecule has 0 bridgehead atoms. The van der Waals surface area contributed by atoms with E-state index in [0.29, 0.717) is 22.9 Å². The first-order chi connectivity index (χ1) is 10.5. The molecule has 3 unspecified atom stereocenters. The van der Waals surface area contributed by atoms with Crippen molar-refractivity contribution in [2.45, 2.75) is 64.6 Å². The van der Waals surface area contributed by atoms with Crippen LogP contribution in [-0.4, -0.2) is 33.0 Å². The summed E-state index contributed by atoms with van der Waals surface area (Å²) in [6, 6.07) is 0. The molecule has 1 aromatic heterocycles. The van der Waals surface area contributed by atoms with Crippen LogP contribution in [0.25, 0.3) is 0 Å². The third kappa shape index (κ3) is 4.73. The first-order valence-electron chi connectivity index (χ1n) is 8.23. The lowest BCUT2D eigenvalue weighted by Gasteiger charge is -2.36. The van der Waals surface area contributed by atoms with Crippen LogP contribution in [0.3, 0.4) is 0 Å². The summed E-state index contributed by atoms with van der Waals surface area (Å²) in [7, 11) is 0. The highest BCUT2D eigenvalue weighted by Gasteiger charge is 2.33. The summed E-state index contributed by atoms with van der Waals surface area (Å²) in [6.07, 6.45) is 4.26. The minimum absolute atomic E-state index is 0.0650. The molecule has 0 radical (unpaired) electrons. The molecule has 1 heterocycles. The van der Waals surface area contributed by atoms with Crippen LogP contribution in [0.5, 0.6) is 0 Å². The SMILES string of the molecule is CCc1nc(SCC(=O)OC2CC(C)CCC2C(C)C)n[nH]1. The van der Waals surface area contributed by atoms with Crippen molar-refractivity contribution in [2.75, 3.05) is 5.75 Å². The Morgan fingerprint density at radius 3 is 2.86 bits per heavy atom. The number of hydrogen-bond donors (Lipinski definition) is 1. The predicted octanol–water partition coefficient (Wildman–Crippen LogP) is 3.46. The Bertz CT molecular complexity index is 489. The Labute approximate surface area is 137 Å². The van der Waals surface area contributed by atoms with Gasteiger partial charge in [0.2, 0.25) is 5.16 Å². The first-order valence-corrected chi connectivity index (χ1v) is 9.21. The van der Waals surface area contributed by atoms with E-state index in [4.69, 9.17) is 4.74 Å². The second kappa shape index (κ2) is 7.99. The third-order valence-electron chi connectivity index (χ3n) is 4.41. The summed E-state index contributed by atoms with van der Waals surface area (Å²) in [5.74, 6) is 2.64. The molecule has 1 N–H and O–H groups in total. The Morgan fingerprint density at radius 1 is 1.45 bits per heavy atom. The number of hydrogen-bond acceptors (Lipinski definition) is 5. The Balaban J connectivity index is 1.84. The van der Waals surface area contributed by atoms with Gasteiger partial charge < -0.3 is 4.74 Å². The van der Waals surface area contributed by atoms with E-state index in [1.54, 1.807) is 0 Å². The molecule has 3 atom stereocenters. The maximum absolute atomic E-state index is 12.1. The van der Waals surface area contributed by atoms with Crippen LogP contribution < -0.4 is 0 Å². The summed E-state index contributed by atoms with van der Waals surface area (Å²) >= 11 is 1.34. The standard InChI is InChI=1S/C16H27N3O2S/c1-5-14-17-16(19-18-14)22-9-15(20)21-13-8-11(4)6-7-12(13)10(2)3/h10-13H,5-9H2,1-4H3,(H,17,18,19). The highest BCUT2D eigenvalue weighted by Crippen LogP contribution is 2.35. The number of carbonyl (C=O) groups is 1. The lowest BCUT2D eigenvalue weighted by atomic mass is 9.75. The average Bonchev–Trinajstić information content (AvgIpc) is 2.93. The normalized spacial score (nSPS) is 25.4. The van der Waals surface area contributed by atoms with Crippen molar-refractivity contribution >= 4 is 17.7 Å². The number of rotatable bonds is 6. The van der Waals surface area contributed by atoms with Gasteiger partial charge >= 0.3 is 5.97 Å². The van der Waals surface area contributed by atoms with Gasteiger partial charge in [-0.1, -0.05) is 45.9 Å². The monoisotopic (exact) mass is 325 g/mol. The minimum Gasteiger partial charge on any atom is -0.461 e. The molecule has 1 fully saturated rings. The zero-order valence-corrected chi connectivity index (χ0v) is 14.8. The maximum Gasteiger partial charge on any atom is 0.316 e. The van der Waals surface area contributed by atoms with Crippen LogP contribution in [0.1, 0.15) is 52.8 Å². The van der Waals surface area contributed by atoms with E-state index in [-0.39, 0.29) is 17.8 Å². The Kier molecular flexibility index (Phi) is 6.29. The van der Waals surface area contributed by atoms with E-state index in [0.717, 1.165) is 25.1 Å². The second-order valence-corrected chi connectivity index (χ2v) is 7.50. The van der Waals surface area contributed by atoms with Crippen molar-refractivity contribution in [1.29, 1.82) is 0 Å². The van der Waals surface area contributed by atoms with Crippen molar-refractivity contribution in [2.24, 2.45) is 17.8 Å². The van der Waals surface area contributed by atoms with Gasteiger partial charge in [-0.3, -0.25) is 9.89 Å². The molecule has 5 nitrogen and oxygen atoms in total. The summed E-state index contributed by atoms with van der Waals surface area (Å²) in [4.78, 5) is 16.4. The maximum atomic E-state index is 12.1. The van der Waals surface area contributed by atoms with Gasteiger partial charge in [-0.2, -0.15) is 0 Å². The molecular weight excluding hydrogens is 298 g/mol. The number of nitrogens with one attached hydrogen (secondary N) is 1. The summed E-state index contributed by atoms with van der Waals surface area (Å²) in [6.45, 7) is 8.69. The second-order valence-electron chi connectivity index (χ2n) is 6.56. The molecule has 124 valence electrons. The molecule has 0 spiro atoms. The van der Waals surface area contributed by atoms with Gasteiger partial charge in [-0.05, 0) is 30.6 Å². The smallest absolute Gasteiger partial charge is 0.316 e. The van der Waals surface area contributed by atoms with E-state index in [2.05, 4.69) is 36.0 Å². The zero-order chi connectivity index (χ0) is 16.1. The van der Waals surface area contributed by atoms with Crippen LogP contribution in [0.15, 0.2) is 5.16 Å². The zero-order valence-electron chi connectivity index (χ0n) is 14.0. The number of nitrogens with zero attached hydrogens (tertiary/aromatic N) is 2. The van der Waals surface area contributed by atoms with Crippen molar-refractivity contribution in [3.63, 3.8) is 0 Å².